The zero-order valence-electron chi connectivity index (χ0n) is 12.7. The summed E-state index contributed by atoms with van der Waals surface area (Å²) in [5.74, 6) is -0.118. The number of carbonyl (C=O) groups excluding carboxylic acids is 1. The van der Waals surface area contributed by atoms with Crippen molar-refractivity contribution >= 4 is 57.7 Å². The number of amides is 1. The van der Waals surface area contributed by atoms with Gasteiger partial charge in [-0.05, 0) is 48.2 Å². The molecule has 1 heterocycles. The second-order valence-corrected chi connectivity index (χ2v) is 7.51. The van der Waals surface area contributed by atoms with Crippen LogP contribution in [-0.2, 0) is 4.79 Å². The fourth-order valence-corrected chi connectivity index (χ4v) is 4.00. The predicted octanol–water partition coefficient (Wildman–Crippen LogP) is 4.69. The van der Waals surface area contributed by atoms with E-state index in [0.717, 1.165) is 16.1 Å². The Morgan fingerprint density at radius 2 is 2.00 bits per heavy atom. The molecule has 1 aliphatic heterocycles. The van der Waals surface area contributed by atoms with Crippen molar-refractivity contribution in [3.8, 4) is 6.07 Å². The van der Waals surface area contributed by atoms with Crippen LogP contribution in [0.4, 0.5) is 5.69 Å². The number of hydrogen-bond donors (Lipinski definition) is 0. The Bertz CT molecular complexity index is 882. The Morgan fingerprint density at radius 1 is 1.25 bits per heavy atom. The molecule has 2 aromatic rings. The number of anilines is 1. The van der Waals surface area contributed by atoms with Crippen LogP contribution in [0, 0.1) is 11.3 Å². The van der Waals surface area contributed by atoms with E-state index in [-0.39, 0.29) is 5.91 Å². The number of rotatable bonds is 3. The maximum Gasteiger partial charge on any atom is 0.270 e. The Kier molecular flexibility index (Phi) is 5.05. The fourth-order valence-electron chi connectivity index (χ4n) is 2.25. The van der Waals surface area contributed by atoms with E-state index < -0.39 is 0 Å². The number of thioether (sulfide) groups is 2. The lowest BCUT2D eigenvalue weighted by Gasteiger charge is -2.15. The van der Waals surface area contributed by atoms with E-state index >= 15 is 0 Å². The minimum atomic E-state index is -0.118. The van der Waals surface area contributed by atoms with Crippen LogP contribution in [0.5, 0.6) is 0 Å². The van der Waals surface area contributed by atoms with E-state index in [2.05, 4.69) is 6.07 Å². The normalized spacial score (nSPS) is 15.8. The van der Waals surface area contributed by atoms with Gasteiger partial charge in [0.25, 0.3) is 5.91 Å². The van der Waals surface area contributed by atoms with E-state index in [1.807, 2.05) is 42.7 Å². The monoisotopic (exact) mass is 368 g/mol. The first kappa shape index (κ1) is 16.8. The first-order chi connectivity index (χ1) is 11.6. The standard InChI is InChI=1S/C18H12N2OS3/c1-23-15-4-2-3-14(10-15)20-17(21)16(24-18(20)22)9-12-5-7-13(11-19)8-6-12/h2-10H,1H3/b16-9+. The summed E-state index contributed by atoms with van der Waals surface area (Å²) >= 11 is 8.30. The number of nitrogens with zero attached hydrogens (tertiary/aromatic N) is 2. The predicted molar refractivity (Wildman–Crippen MR) is 105 cm³/mol. The molecule has 1 fully saturated rings. The molecule has 0 spiro atoms. The Balaban J connectivity index is 1.90. The van der Waals surface area contributed by atoms with E-state index in [9.17, 15) is 4.79 Å². The summed E-state index contributed by atoms with van der Waals surface area (Å²) in [6.45, 7) is 0. The molecule has 3 nitrogen and oxygen atoms in total. The van der Waals surface area contributed by atoms with Crippen molar-refractivity contribution in [1.82, 2.24) is 0 Å². The minimum Gasteiger partial charge on any atom is -0.268 e. The highest BCUT2D eigenvalue weighted by Gasteiger charge is 2.33. The molecule has 0 aliphatic carbocycles. The highest BCUT2D eigenvalue weighted by Crippen LogP contribution is 2.36. The third kappa shape index (κ3) is 3.39. The second kappa shape index (κ2) is 7.22. The van der Waals surface area contributed by atoms with E-state index in [0.29, 0.717) is 14.8 Å². The van der Waals surface area contributed by atoms with Gasteiger partial charge in [-0.1, -0.05) is 42.2 Å². The highest BCUT2D eigenvalue weighted by atomic mass is 32.2. The Labute approximate surface area is 154 Å². The van der Waals surface area contributed by atoms with Crippen molar-refractivity contribution in [3.05, 3.63) is 64.6 Å². The molecule has 0 N–H and O–H groups in total. The van der Waals surface area contributed by atoms with Crippen molar-refractivity contribution in [2.45, 2.75) is 4.90 Å². The first-order valence-electron chi connectivity index (χ1n) is 7.04. The Hall–Kier alpha value is -2.07. The van der Waals surface area contributed by atoms with E-state index in [1.54, 1.807) is 34.9 Å². The van der Waals surface area contributed by atoms with Crippen LogP contribution in [-0.4, -0.2) is 16.5 Å². The van der Waals surface area contributed by atoms with Crippen LogP contribution < -0.4 is 4.90 Å². The molecule has 0 unspecified atom stereocenters. The van der Waals surface area contributed by atoms with Gasteiger partial charge in [0.05, 0.1) is 22.2 Å². The van der Waals surface area contributed by atoms with Crippen LogP contribution in [0.15, 0.2) is 58.3 Å². The minimum absolute atomic E-state index is 0.118. The third-order valence-electron chi connectivity index (χ3n) is 3.44. The smallest absolute Gasteiger partial charge is 0.268 e. The summed E-state index contributed by atoms with van der Waals surface area (Å²) in [6.07, 6.45) is 3.80. The molecular weight excluding hydrogens is 356 g/mol. The van der Waals surface area contributed by atoms with Crippen LogP contribution in [0.25, 0.3) is 6.08 Å². The SMILES string of the molecule is CSc1cccc(N2C(=O)/C(=C\c3ccc(C#N)cc3)SC2=S)c1. The first-order valence-corrected chi connectivity index (χ1v) is 9.49. The summed E-state index contributed by atoms with van der Waals surface area (Å²) in [5.41, 5.74) is 2.24. The molecule has 0 bridgehead atoms. The van der Waals surface area contributed by atoms with Crippen molar-refractivity contribution in [1.29, 1.82) is 5.26 Å². The lowest BCUT2D eigenvalue weighted by atomic mass is 10.1. The van der Waals surface area contributed by atoms with Crippen LogP contribution >= 0.6 is 35.7 Å². The molecule has 2 aromatic carbocycles. The lowest BCUT2D eigenvalue weighted by molar-refractivity contribution is -0.113. The molecule has 0 radical (unpaired) electrons. The summed E-state index contributed by atoms with van der Waals surface area (Å²) in [4.78, 5) is 16.0. The zero-order chi connectivity index (χ0) is 17.1. The lowest BCUT2D eigenvalue weighted by Crippen LogP contribution is -2.27. The molecule has 24 heavy (non-hydrogen) atoms. The molecular formula is C18H12N2OS3. The molecule has 118 valence electrons. The maximum absolute atomic E-state index is 12.7. The average Bonchev–Trinajstić information content (AvgIpc) is 2.89. The van der Waals surface area contributed by atoms with Gasteiger partial charge in [-0.15, -0.1) is 11.8 Å². The maximum atomic E-state index is 12.7. The van der Waals surface area contributed by atoms with Crippen molar-refractivity contribution in [2.75, 3.05) is 11.2 Å². The second-order valence-electron chi connectivity index (χ2n) is 4.95. The van der Waals surface area contributed by atoms with Gasteiger partial charge in [0.15, 0.2) is 4.32 Å². The van der Waals surface area contributed by atoms with Crippen LogP contribution in [0.2, 0.25) is 0 Å². The van der Waals surface area contributed by atoms with Crippen molar-refractivity contribution < 1.29 is 4.79 Å². The van der Waals surface area contributed by atoms with E-state index in [1.165, 1.54) is 11.8 Å². The van der Waals surface area contributed by atoms with E-state index in [4.69, 9.17) is 17.5 Å². The van der Waals surface area contributed by atoms with Gasteiger partial charge in [-0.2, -0.15) is 5.26 Å². The van der Waals surface area contributed by atoms with Gasteiger partial charge in [0, 0.05) is 4.90 Å². The van der Waals surface area contributed by atoms with Gasteiger partial charge < -0.3 is 0 Å². The highest BCUT2D eigenvalue weighted by molar-refractivity contribution is 8.27. The summed E-state index contributed by atoms with van der Waals surface area (Å²) < 4.78 is 0.526. The molecule has 0 saturated carbocycles. The molecule has 1 amide bonds. The Morgan fingerprint density at radius 3 is 2.67 bits per heavy atom. The van der Waals surface area contributed by atoms with Gasteiger partial charge in [-0.3, -0.25) is 9.69 Å². The number of carbonyl (C=O) groups is 1. The van der Waals surface area contributed by atoms with Crippen LogP contribution in [0.1, 0.15) is 11.1 Å². The molecule has 1 saturated heterocycles. The third-order valence-corrected chi connectivity index (χ3v) is 5.47. The quantitative estimate of drug-likeness (QED) is 0.447. The number of nitriles is 1. The van der Waals surface area contributed by atoms with Crippen molar-refractivity contribution in [3.63, 3.8) is 0 Å². The summed E-state index contributed by atoms with van der Waals surface area (Å²) in [5, 5.41) is 8.84. The average molecular weight is 369 g/mol. The van der Waals surface area contributed by atoms with Gasteiger partial charge in [0.1, 0.15) is 0 Å². The largest absolute Gasteiger partial charge is 0.270 e. The number of benzene rings is 2. The zero-order valence-corrected chi connectivity index (χ0v) is 15.2. The van der Waals surface area contributed by atoms with Crippen molar-refractivity contribution in [2.24, 2.45) is 0 Å². The molecule has 0 aromatic heterocycles. The summed E-state index contributed by atoms with van der Waals surface area (Å²) in [6, 6.07) is 16.9. The van der Waals surface area contributed by atoms with Gasteiger partial charge in [-0.25, -0.2) is 0 Å². The topological polar surface area (TPSA) is 44.1 Å². The van der Waals surface area contributed by atoms with Crippen LogP contribution in [0.3, 0.4) is 0 Å². The molecule has 1 aliphatic rings. The summed E-state index contributed by atoms with van der Waals surface area (Å²) in [7, 11) is 0. The molecule has 6 heteroatoms. The molecule has 3 rings (SSSR count). The number of thiocarbonyl (C=S) groups is 1. The molecule has 0 atom stereocenters. The fraction of sp³-hybridized carbons (Fsp3) is 0.0556. The number of hydrogen-bond acceptors (Lipinski definition) is 5. The van der Waals surface area contributed by atoms with Gasteiger partial charge in [0.2, 0.25) is 0 Å². The van der Waals surface area contributed by atoms with Gasteiger partial charge >= 0.3 is 0 Å².